The maximum atomic E-state index is 12.9. The van der Waals surface area contributed by atoms with Gasteiger partial charge < -0.3 is 0 Å². The summed E-state index contributed by atoms with van der Waals surface area (Å²) in [6.07, 6.45) is -2.94. The molecule has 0 saturated heterocycles. The van der Waals surface area contributed by atoms with Gasteiger partial charge in [0.25, 0.3) is 5.56 Å². The van der Waals surface area contributed by atoms with Gasteiger partial charge in [-0.25, -0.2) is 0 Å². The number of rotatable bonds is 2. The summed E-state index contributed by atoms with van der Waals surface area (Å²) in [5.41, 5.74) is -0.895. The van der Waals surface area contributed by atoms with Crippen LogP contribution in [0, 0.1) is 5.41 Å². The van der Waals surface area contributed by atoms with E-state index in [0.29, 0.717) is 5.56 Å². The maximum absolute atomic E-state index is 12.9. The Morgan fingerprint density at radius 2 is 1.54 bits per heavy atom. The van der Waals surface area contributed by atoms with Crippen molar-refractivity contribution in [2.24, 2.45) is 5.41 Å². The van der Waals surface area contributed by atoms with E-state index in [0.717, 1.165) is 12.1 Å². The summed E-state index contributed by atoms with van der Waals surface area (Å²) < 4.78 is 40.0. The molecule has 0 aliphatic rings. The first-order chi connectivity index (χ1) is 10.9. The van der Waals surface area contributed by atoms with Crippen LogP contribution in [0.3, 0.4) is 0 Å². The lowest BCUT2D eigenvalue weighted by Gasteiger charge is -2.38. The fourth-order valence-corrected chi connectivity index (χ4v) is 2.41. The Labute approximate surface area is 139 Å². The van der Waals surface area contributed by atoms with Crippen LogP contribution in [0.2, 0.25) is 0 Å². The van der Waals surface area contributed by atoms with Crippen molar-refractivity contribution in [2.45, 2.75) is 46.2 Å². The summed E-state index contributed by atoms with van der Waals surface area (Å²) in [7, 11) is 0. The summed E-state index contributed by atoms with van der Waals surface area (Å²) in [5, 5.41) is 0. The van der Waals surface area contributed by atoms with Crippen LogP contribution >= 0.6 is 0 Å². The molecule has 1 aromatic carbocycles. The first-order valence-corrected chi connectivity index (χ1v) is 7.75. The first-order valence-electron chi connectivity index (χ1n) is 7.75. The molecule has 130 valence electrons. The van der Waals surface area contributed by atoms with Crippen LogP contribution in [0.15, 0.2) is 47.4 Å². The van der Waals surface area contributed by atoms with E-state index in [9.17, 15) is 18.0 Å². The molecule has 0 saturated carbocycles. The van der Waals surface area contributed by atoms with E-state index in [4.69, 9.17) is 0 Å². The third-order valence-electron chi connectivity index (χ3n) is 4.95. The fraction of sp³-hybridized carbons (Fsp3) is 0.421. The quantitative estimate of drug-likeness (QED) is 0.740. The Morgan fingerprint density at radius 3 is 2.08 bits per heavy atom. The van der Waals surface area contributed by atoms with Crippen molar-refractivity contribution in [1.82, 2.24) is 4.57 Å². The molecule has 0 bridgehead atoms. The van der Waals surface area contributed by atoms with Crippen LogP contribution in [0.5, 0.6) is 0 Å². The van der Waals surface area contributed by atoms with E-state index in [2.05, 4.69) is 0 Å². The normalized spacial score (nSPS) is 13.2. The summed E-state index contributed by atoms with van der Waals surface area (Å²) in [6, 6.07) is 8.26. The molecule has 1 aromatic heterocycles. The molecule has 0 unspecified atom stereocenters. The number of nitrogens with zero attached hydrogens (tertiary/aromatic N) is 1. The number of aromatic nitrogens is 1. The van der Waals surface area contributed by atoms with Crippen molar-refractivity contribution in [3.8, 4) is 5.69 Å². The van der Waals surface area contributed by atoms with Gasteiger partial charge in [-0.3, -0.25) is 9.36 Å². The second kappa shape index (κ2) is 5.80. The third kappa shape index (κ3) is 3.25. The van der Waals surface area contributed by atoms with E-state index in [1.807, 2.05) is 34.6 Å². The van der Waals surface area contributed by atoms with Crippen LogP contribution in [0.1, 0.15) is 45.7 Å². The number of hydrogen-bond acceptors (Lipinski definition) is 1. The second-order valence-corrected chi connectivity index (χ2v) is 7.52. The fourth-order valence-electron chi connectivity index (χ4n) is 2.41. The highest BCUT2D eigenvalue weighted by molar-refractivity contribution is 5.39. The second-order valence-electron chi connectivity index (χ2n) is 7.52. The van der Waals surface area contributed by atoms with E-state index >= 15 is 0 Å². The number of alkyl halides is 3. The minimum absolute atomic E-state index is 0.181. The van der Waals surface area contributed by atoms with Gasteiger partial charge in [-0.1, -0.05) is 46.8 Å². The maximum Gasteiger partial charge on any atom is 0.416 e. The molecule has 24 heavy (non-hydrogen) atoms. The van der Waals surface area contributed by atoms with Crippen LogP contribution < -0.4 is 5.56 Å². The van der Waals surface area contributed by atoms with Crippen LogP contribution in [-0.2, 0) is 11.6 Å². The van der Waals surface area contributed by atoms with Crippen molar-refractivity contribution < 1.29 is 13.2 Å². The standard InChI is InChI=1S/C19H22F3NO/c1-17(2,3)18(4,5)15-10-7-11-23(16(15)24)14-9-6-8-13(12-14)19(20,21)22/h6-12H,1-5H3. The van der Waals surface area contributed by atoms with Gasteiger partial charge in [-0.2, -0.15) is 13.2 Å². The van der Waals surface area contributed by atoms with Gasteiger partial charge in [0.1, 0.15) is 0 Å². The zero-order valence-electron chi connectivity index (χ0n) is 14.5. The minimum atomic E-state index is -4.44. The lowest BCUT2D eigenvalue weighted by atomic mass is 9.65. The zero-order valence-corrected chi connectivity index (χ0v) is 14.5. The highest BCUT2D eigenvalue weighted by atomic mass is 19.4. The lowest BCUT2D eigenvalue weighted by molar-refractivity contribution is -0.137. The average Bonchev–Trinajstić information content (AvgIpc) is 2.45. The SMILES string of the molecule is CC(C)(C)C(C)(C)c1cccn(-c2cccc(C(F)(F)F)c2)c1=O. The molecule has 0 radical (unpaired) electrons. The molecule has 0 spiro atoms. The Balaban J connectivity index is 2.64. The predicted octanol–water partition coefficient (Wildman–Crippen LogP) is 5.18. The third-order valence-corrected chi connectivity index (χ3v) is 4.95. The molecule has 0 fully saturated rings. The van der Waals surface area contributed by atoms with Gasteiger partial charge in [0.15, 0.2) is 0 Å². The smallest absolute Gasteiger partial charge is 0.284 e. The van der Waals surface area contributed by atoms with Crippen molar-refractivity contribution >= 4 is 0 Å². The Hall–Kier alpha value is -2.04. The van der Waals surface area contributed by atoms with Crippen LogP contribution in [0.4, 0.5) is 13.2 Å². The van der Waals surface area contributed by atoms with Gasteiger partial charge in [0.2, 0.25) is 0 Å². The molecule has 5 heteroatoms. The molecule has 0 atom stereocenters. The molecule has 0 aliphatic heterocycles. The van der Waals surface area contributed by atoms with Crippen LogP contribution in [-0.4, -0.2) is 4.57 Å². The lowest BCUT2D eigenvalue weighted by Crippen LogP contribution is -2.40. The molecule has 2 aromatic rings. The highest BCUT2D eigenvalue weighted by Gasteiger charge is 2.37. The topological polar surface area (TPSA) is 22.0 Å². The van der Waals surface area contributed by atoms with E-state index in [1.165, 1.54) is 22.9 Å². The number of pyridine rings is 1. The average molecular weight is 337 g/mol. The largest absolute Gasteiger partial charge is 0.416 e. The van der Waals surface area contributed by atoms with Crippen molar-refractivity contribution in [2.75, 3.05) is 0 Å². The van der Waals surface area contributed by atoms with Crippen LogP contribution in [0.25, 0.3) is 5.69 Å². The summed E-state index contributed by atoms with van der Waals surface area (Å²) in [4.78, 5) is 12.9. The molecule has 2 nitrogen and oxygen atoms in total. The summed E-state index contributed by atoms with van der Waals surface area (Å²) in [5.74, 6) is 0. The molecule has 0 N–H and O–H groups in total. The van der Waals surface area contributed by atoms with E-state index < -0.39 is 17.2 Å². The molecule has 0 amide bonds. The van der Waals surface area contributed by atoms with Gasteiger partial charge >= 0.3 is 6.18 Å². The van der Waals surface area contributed by atoms with E-state index in [-0.39, 0.29) is 16.7 Å². The summed E-state index contributed by atoms with van der Waals surface area (Å²) in [6.45, 7) is 10.1. The minimum Gasteiger partial charge on any atom is -0.284 e. The molecule has 2 rings (SSSR count). The summed E-state index contributed by atoms with van der Waals surface area (Å²) >= 11 is 0. The molecule has 0 aliphatic carbocycles. The number of halogens is 3. The van der Waals surface area contributed by atoms with Gasteiger partial charge in [0.05, 0.1) is 5.56 Å². The molecular weight excluding hydrogens is 315 g/mol. The molecular formula is C19H22F3NO. The van der Waals surface area contributed by atoms with Gasteiger partial charge in [0, 0.05) is 17.4 Å². The van der Waals surface area contributed by atoms with Gasteiger partial charge in [-0.15, -0.1) is 0 Å². The van der Waals surface area contributed by atoms with Crippen molar-refractivity contribution in [3.05, 3.63) is 64.1 Å². The highest BCUT2D eigenvalue weighted by Crippen LogP contribution is 2.39. The first kappa shape index (κ1) is 18.3. The van der Waals surface area contributed by atoms with Crippen molar-refractivity contribution in [3.63, 3.8) is 0 Å². The molecule has 1 heterocycles. The Kier molecular flexibility index (Phi) is 4.42. The zero-order chi connectivity index (χ0) is 18.3. The van der Waals surface area contributed by atoms with Crippen molar-refractivity contribution in [1.29, 1.82) is 0 Å². The number of benzene rings is 1. The Morgan fingerprint density at radius 1 is 0.917 bits per heavy atom. The predicted molar refractivity (Wildman–Crippen MR) is 89.5 cm³/mol. The van der Waals surface area contributed by atoms with E-state index in [1.54, 1.807) is 12.1 Å². The van der Waals surface area contributed by atoms with Gasteiger partial charge in [-0.05, 0) is 35.1 Å². The Bertz CT molecular complexity index is 795. The monoisotopic (exact) mass is 337 g/mol. The number of hydrogen-bond donors (Lipinski definition) is 0.